The van der Waals surface area contributed by atoms with Gasteiger partial charge in [0.25, 0.3) is 0 Å². The number of rotatable bonds is 2. The predicted octanol–water partition coefficient (Wildman–Crippen LogP) is 2.35. The molecular weight excluding hydrogens is 186 g/mol. The van der Waals surface area contributed by atoms with E-state index in [1.807, 2.05) is 18.2 Å². The molecule has 1 aliphatic carbocycles. The van der Waals surface area contributed by atoms with Crippen LogP contribution in [0, 0.1) is 11.8 Å². The lowest BCUT2D eigenvalue weighted by atomic mass is 9.71. The Morgan fingerprint density at radius 2 is 1.93 bits per heavy atom. The fraction of sp³-hybridized carbons (Fsp3) is 0.462. The minimum absolute atomic E-state index is 0.784. The van der Waals surface area contributed by atoms with Crippen LogP contribution in [0.5, 0.6) is 0 Å². The molecule has 0 radical (unpaired) electrons. The highest BCUT2D eigenvalue weighted by Gasteiger charge is 2.36. The van der Waals surface area contributed by atoms with Gasteiger partial charge in [0.2, 0.25) is 0 Å². The van der Waals surface area contributed by atoms with Gasteiger partial charge in [-0.1, -0.05) is 12.1 Å². The van der Waals surface area contributed by atoms with E-state index in [9.17, 15) is 4.79 Å². The van der Waals surface area contributed by atoms with Crippen molar-refractivity contribution in [2.24, 2.45) is 11.8 Å². The first-order chi connectivity index (χ1) is 7.35. The van der Waals surface area contributed by atoms with Crippen LogP contribution in [0.1, 0.15) is 23.2 Å². The number of fused-ring (bicyclic) bond motifs is 2. The van der Waals surface area contributed by atoms with Gasteiger partial charge in [0.1, 0.15) is 6.29 Å². The molecule has 0 atom stereocenters. The molecular formula is C13H15NO. The first-order valence-electron chi connectivity index (χ1n) is 5.65. The Hall–Kier alpha value is -1.31. The zero-order chi connectivity index (χ0) is 10.3. The first-order valence-corrected chi connectivity index (χ1v) is 5.65. The maximum Gasteiger partial charge on any atom is 0.150 e. The molecule has 3 aliphatic rings. The monoisotopic (exact) mass is 201 g/mol. The third-order valence-corrected chi connectivity index (χ3v) is 3.66. The minimum atomic E-state index is 0.784. The normalized spacial score (nSPS) is 28.4. The molecule has 1 aromatic carbocycles. The fourth-order valence-corrected chi connectivity index (χ4v) is 2.88. The lowest BCUT2D eigenvalue weighted by Crippen LogP contribution is -2.48. The number of anilines is 1. The Morgan fingerprint density at radius 1 is 1.20 bits per heavy atom. The van der Waals surface area contributed by atoms with E-state index in [0.29, 0.717) is 0 Å². The van der Waals surface area contributed by atoms with Crippen LogP contribution < -0.4 is 4.90 Å². The van der Waals surface area contributed by atoms with Gasteiger partial charge >= 0.3 is 0 Å². The van der Waals surface area contributed by atoms with Crippen molar-refractivity contribution < 1.29 is 4.79 Å². The van der Waals surface area contributed by atoms with Crippen LogP contribution in [0.4, 0.5) is 5.69 Å². The quantitative estimate of drug-likeness (QED) is 0.684. The Labute approximate surface area is 89.9 Å². The van der Waals surface area contributed by atoms with Crippen molar-refractivity contribution >= 4 is 12.0 Å². The first kappa shape index (κ1) is 8.96. The summed E-state index contributed by atoms with van der Waals surface area (Å²) in [6, 6.07) is 7.94. The highest BCUT2D eigenvalue weighted by Crippen LogP contribution is 2.40. The molecule has 2 heterocycles. The second-order valence-corrected chi connectivity index (χ2v) is 4.82. The van der Waals surface area contributed by atoms with Gasteiger partial charge in [-0.3, -0.25) is 4.79 Å². The predicted molar refractivity (Wildman–Crippen MR) is 60.3 cm³/mol. The van der Waals surface area contributed by atoms with E-state index in [0.717, 1.165) is 23.7 Å². The zero-order valence-corrected chi connectivity index (χ0v) is 8.73. The lowest BCUT2D eigenvalue weighted by Gasteiger charge is -2.48. The molecule has 15 heavy (non-hydrogen) atoms. The van der Waals surface area contributed by atoms with E-state index < -0.39 is 0 Å². The second kappa shape index (κ2) is 3.37. The Bertz CT molecular complexity index is 372. The van der Waals surface area contributed by atoms with E-state index in [1.54, 1.807) is 0 Å². The molecule has 2 nitrogen and oxygen atoms in total. The summed E-state index contributed by atoms with van der Waals surface area (Å²) in [7, 11) is 0. The highest BCUT2D eigenvalue weighted by molar-refractivity contribution is 5.77. The van der Waals surface area contributed by atoms with Crippen molar-refractivity contribution in [2.45, 2.75) is 12.8 Å². The molecule has 0 spiro atoms. The summed E-state index contributed by atoms with van der Waals surface area (Å²) in [6.45, 7) is 2.36. The van der Waals surface area contributed by atoms with Crippen LogP contribution in [0.3, 0.4) is 0 Å². The zero-order valence-electron chi connectivity index (χ0n) is 8.73. The van der Waals surface area contributed by atoms with Crippen LogP contribution in [0.15, 0.2) is 24.3 Å². The van der Waals surface area contributed by atoms with Crippen LogP contribution in [-0.2, 0) is 0 Å². The third kappa shape index (κ3) is 1.54. The molecule has 3 fully saturated rings. The van der Waals surface area contributed by atoms with Gasteiger partial charge in [-0.2, -0.15) is 0 Å². The molecule has 0 aromatic heterocycles. The number of carbonyl (C=O) groups excluding carboxylic acids is 1. The van der Waals surface area contributed by atoms with Crippen LogP contribution in [0.2, 0.25) is 0 Å². The number of carbonyl (C=O) groups is 1. The largest absolute Gasteiger partial charge is 0.371 e. The molecule has 2 saturated heterocycles. The van der Waals surface area contributed by atoms with Crippen LogP contribution in [0.25, 0.3) is 0 Å². The SMILES string of the molecule is O=Cc1cccc(N2CC3CC(C3)C2)c1. The molecule has 0 N–H and O–H groups in total. The van der Waals surface area contributed by atoms with Gasteiger partial charge in [0.05, 0.1) is 0 Å². The number of piperidine rings is 2. The molecule has 0 amide bonds. The van der Waals surface area contributed by atoms with E-state index >= 15 is 0 Å². The average molecular weight is 201 g/mol. The van der Waals surface area contributed by atoms with Crippen molar-refractivity contribution in [2.75, 3.05) is 18.0 Å². The molecule has 2 aliphatic heterocycles. The van der Waals surface area contributed by atoms with Crippen molar-refractivity contribution in [1.82, 2.24) is 0 Å². The van der Waals surface area contributed by atoms with Gasteiger partial charge in [-0.25, -0.2) is 0 Å². The molecule has 0 unspecified atom stereocenters. The Morgan fingerprint density at radius 3 is 2.60 bits per heavy atom. The van der Waals surface area contributed by atoms with Crippen molar-refractivity contribution in [3.63, 3.8) is 0 Å². The van der Waals surface area contributed by atoms with Gasteiger partial charge < -0.3 is 4.90 Å². The second-order valence-electron chi connectivity index (χ2n) is 4.82. The number of hydrogen-bond acceptors (Lipinski definition) is 2. The van der Waals surface area contributed by atoms with Gasteiger partial charge in [-0.05, 0) is 36.8 Å². The highest BCUT2D eigenvalue weighted by atomic mass is 16.1. The Balaban J connectivity index is 1.82. The minimum Gasteiger partial charge on any atom is -0.371 e. The maximum atomic E-state index is 10.7. The standard InChI is InChI=1S/C13H15NO/c15-9-10-2-1-3-13(6-10)14-7-11-4-12(5-11)8-14/h1-3,6,9,11-12H,4-5,7-8H2. The smallest absolute Gasteiger partial charge is 0.150 e. The summed E-state index contributed by atoms with van der Waals surface area (Å²) in [6.07, 6.45) is 3.77. The van der Waals surface area contributed by atoms with Gasteiger partial charge in [-0.15, -0.1) is 0 Å². The summed E-state index contributed by atoms with van der Waals surface area (Å²) in [4.78, 5) is 13.1. The van der Waals surface area contributed by atoms with Crippen molar-refractivity contribution in [3.8, 4) is 0 Å². The molecule has 1 saturated carbocycles. The van der Waals surface area contributed by atoms with E-state index in [2.05, 4.69) is 11.0 Å². The molecule has 4 rings (SSSR count). The summed E-state index contributed by atoms with van der Waals surface area (Å²) in [5.41, 5.74) is 2.00. The maximum absolute atomic E-state index is 10.7. The number of aldehydes is 1. The van der Waals surface area contributed by atoms with Crippen LogP contribution in [-0.4, -0.2) is 19.4 Å². The molecule has 1 aromatic rings. The molecule has 78 valence electrons. The van der Waals surface area contributed by atoms with E-state index in [1.165, 1.54) is 31.6 Å². The molecule has 2 bridgehead atoms. The lowest BCUT2D eigenvalue weighted by molar-refractivity contribution is 0.112. The Kier molecular flexibility index (Phi) is 2.01. The molecule has 2 heteroatoms. The summed E-state index contributed by atoms with van der Waals surface area (Å²) < 4.78 is 0. The fourth-order valence-electron chi connectivity index (χ4n) is 2.88. The van der Waals surface area contributed by atoms with E-state index in [4.69, 9.17) is 0 Å². The van der Waals surface area contributed by atoms with Crippen molar-refractivity contribution in [1.29, 1.82) is 0 Å². The van der Waals surface area contributed by atoms with Gasteiger partial charge in [0.15, 0.2) is 0 Å². The average Bonchev–Trinajstić information content (AvgIpc) is 2.28. The summed E-state index contributed by atoms with van der Waals surface area (Å²) >= 11 is 0. The number of hydrogen-bond donors (Lipinski definition) is 0. The summed E-state index contributed by atoms with van der Waals surface area (Å²) in [5.74, 6) is 1.81. The topological polar surface area (TPSA) is 20.3 Å². The third-order valence-electron chi connectivity index (χ3n) is 3.66. The van der Waals surface area contributed by atoms with Gasteiger partial charge in [0, 0.05) is 24.3 Å². The number of benzene rings is 1. The van der Waals surface area contributed by atoms with Crippen molar-refractivity contribution in [3.05, 3.63) is 29.8 Å². The van der Waals surface area contributed by atoms with E-state index in [-0.39, 0.29) is 0 Å². The summed E-state index contributed by atoms with van der Waals surface area (Å²) in [5, 5.41) is 0. The van der Waals surface area contributed by atoms with Crippen LogP contribution >= 0.6 is 0 Å². The number of nitrogens with zero attached hydrogens (tertiary/aromatic N) is 1.